The van der Waals surface area contributed by atoms with Crippen LogP contribution in [0.3, 0.4) is 0 Å². The molecule has 0 atom stereocenters. The first-order valence-corrected chi connectivity index (χ1v) is 5.98. The highest BCUT2D eigenvalue weighted by molar-refractivity contribution is 6.99. The molecule has 1 aromatic rings. The topological polar surface area (TPSA) is 58.5 Å². The highest BCUT2D eigenvalue weighted by Gasteiger charge is 2.18. The second-order valence-corrected chi connectivity index (χ2v) is 4.27. The molecule has 96 valence electrons. The Morgan fingerprint density at radius 2 is 2.35 bits per heavy atom. The summed E-state index contributed by atoms with van der Waals surface area (Å²) in [5.41, 5.74) is 1.99. The number of nitrogens with zero attached hydrogens (tertiary/aromatic N) is 3. The summed E-state index contributed by atoms with van der Waals surface area (Å²) in [5, 5.41) is 8.72. The maximum Gasteiger partial charge on any atom is 0.253 e. The molecule has 17 heavy (non-hydrogen) atoms. The van der Waals surface area contributed by atoms with E-state index in [0.717, 1.165) is 42.5 Å². The van der Waals surface area contributed by atoms with Crippen LogP contribution in [0.1, 0.15) is 12.1 Å². The Morgan fingerprint density at radius 3 is 3.06 bits per heavy atom. The lowest BCUT2D eigenvalue weighted by molar-refractivity contribution is 0.197. The van der Waals surface area contributed by atoms with E-state index in [9.17, 15) is 0 Å². The predicted molar refractivity (Wildman–Crippen MR) is 69.8 cm³/mol. The lowest BCUT2D eigenvalue weighted by Gasteiger charge is -2.21. The fraction of sp³-hybridized carbons (Fsp3) is 0.600. The number of aliphatic hydroxyl groups excluding tert-OH is 1. The third-order valence-electron chi connectivity index (χ3n) is 2.43. The zero-order valence-corrected chi connectivity index (χ0v) is 11.3. The van der Waals surface area contributed by atoms with Crippen LogP contribution in [0.2, 0.25) is 0 Å². The van der Waals surface area contributed by atoms with Crippen LogP contribution in [0.15, 0.2) is 6.08 Å². The molecule has 1 aromatic heterocycles. The number of ether oxygens (including phenoxy) is 1. The zero-order valence-electron chi connectivity index (χ0n) is 9.63. The van der Waals surface area contributed by atoms with Crippen molar-refractivity contribution in [2.45, 2.75) is 6.42 Å². The number of aromatic nitrogens is 2. The first-order chi connectivity index (χ1) is 7.81. The SMILES string of the molecule is CN1CCC=C(c2nsnc2OCCO)C1.Cl. The van der Waals surface area contributed by atoms with Crippen LogP contribution in [-0.2, 0) is 0 Å². The Morgan fingerprint density at radius 1 is 1.53 bits per heavy atom. The maximum atomic E-state index is 8.72. The molecule has 5 nitrogen and oxygen atoms in total. The molecule has 0 amide bonds. The van der Waals surface area contributed by atoms with Gasteiger partial charge in [-0.1, -0.05) is 6.08 Å². The molecule has 0 saturated carbocycles. The minimum atomic E-state index is -0.00405. The molecule has 7 heteroatoms. The minimum Gasteiger partial charge on any atom is -0.473 e. The molecule has 0 bridgehead atoms. The number of hydrogen-bond acceptors (Lipinski definition) is 6. The summed E-state index contributed by atoms with van der Waals surface area (Å²) in [4.78, 5) is 2.24. The van der Waals surface area contributed by atoms with E-state index in [2.05, 4.69) is 26.8 Å². The van der Waals surface area contributed by atoms with Crippen molar-refractivity contribution < 1.29 is 9.84 Å². The quantitative estimate of drug-likeness (QED) is 0.891. The fourth-order valence-corrected chi connectivity index (χ4v) is 2.21. The van der Waals surface area contributed by atoms with Gasteiger partial charge in [0, 0.05) is 13.1 Å². The minimum absolute atomic E-state index is 0. The van der Waals surface area contributed by atoms with E-state index in [0.29, 0.717) is 5.88 Å². The van der Waals surface area contributed by atoms with E-state index >= 15 is 0 Å². The molecule has 0 aliphatic carbocycles. The summed E-state index contributed by atoms with van der Waals surface area (Å²) >= 11 is 1.15. The van der Waals surface area contributed by atoms with Crippen LogP contribution >= 0.6 is 24.1 Å². The number of rotatable bonds is 4. The molecule has 2 heterocycles. The van der Waals surface area contributed by atoms with Crippen LogP contribution in [0.25, 0.3) is 5.57 Å². The third-order valence-corrected chi connectivity index (χ3v) is 2.95. The van der Waals surface area contributed by atoms with Gasteiger partial charge in [0.2, 0.25) is 0 Å². The van der Waals surface area contributed by atoms with Crippen molar-refractivity contribution >= 4 is 29.7 Å². The first-order valence-electron chi connectivity index (χ1n) is 5.25. The van der Waals surface area contributed by atoms with Crippen LogP contribution in [-0.4, -0.2) is 52.1 Å². The van der Waals surface area contributed by atoms with Gasteiger partial charge in [0.25, 0.3) is 5.88 Å². The van der Waals surface area contributed by atoms with Crippen molar-refractivity contribution in [2.75, 3.05) is 33.4 Å². The maximum absolute atomic E-state index is 8.72. The van der Waals surface area contributed by atoms with Crippen molar-refractivity contribution in [3.8, 4) is 5.88 Å². The summed E-state index contributed by atoms with van der Waals surface area (Å²) in [7, 11) is 2.08. The van der Waals surface area contributed by atoms with E-state index in [1.54, 1.807) is 0 Å². The van der Waals surface area contributed by atoms with E-state index in [-0.39, 0.29) is 25.6 Å². The molecule has 0 spiro atoms. The van der Waals surface area contributed by atoms with Gasteiger partial charge in [-0.05, 0) is 19.0 Å². The van der Waals surface area contributed by atoms with E-state index in [4.69, 9.17) is 9.84 Å². The van der Waals surface area contributed by atoms with Crippen molar-refractivity contribution in [2.24, 2.45) is 0 Å². The average molecular weight is 278 g/mol. The van der Waals surface area contributed by atoms with Crippen molar-refractivity contribution in [1.29, 1.82) is 0 Å². The summed E-state index contributed by atoms with van der Waals surface area (Å²) in [6, 6.07) is 0. The Bertz CT molecular complexity index is 383. The second kappa shape index (κ2) is 6.90. The highest BCUT2D eigenvalue weighted by atomic mass is 35.5. The zero-order chi connectivity index (χ0) is 11.4. The number of likely N-dealkylation sites (N-methyl/N-ethyl adjacent to an activating group) is 1. The van der Waals surface area contributed by atoms with Crippen LogP contribution < -0.4 is 4.74 Å². The summed E-state index contributed by atoms with van der Waals surface area (Å²) in [6.45, 7) is 2.21. The van der Waals surface area contributed by atoms with Gasteiger partial charge in [-0.2, -0.15) is 4.37 Å². The van der Waals surface area contributed by atoms with Crippen molar-refractivity contribution in [3.63, 3.8) is 0 Å². The lowest BCUT2D eigenvalue weighted by atomic mass is 10.1. The normalized spacial score (nSPS) is 16.2. The number of halogens is 1. The highest BCUT2D eigenvalue weighted by Crippen LogP contribution is 2.26. The molecule has 1 aliphatic heterocycles. The van der Waals surface area contributed by atoms with Crippen LogP contribution in [0.5, 0.6) is 5.88 Å². The van der Waals surface area contributed by atoms with Gasteiger partial charge < -0.3 is 14.7 Å². The average Bonchev–Trinajstić information content (AvgIpc) is 2.74. The Kier molecular flexibility index (Phi) is 5.84. The Labute approximate surface area is 111 Å². The molecule has 1 N–H and O–H groups in total. The van der Waals surface area contributed by atoms with Crippen LogP contribution in [0.4, 0.5) is 0 Å². The standard InChI is InChI=1S/C10H15N3O2S.ClH/c1-13-4-2-3-8(7-13)9-10(12-16-11-9)15-6-5-14;/h3,14H,2,4-7H2,1H3;1H. The second-order valence-electron chi connectivity index (χ2n) is 3.75. The molecule has 2 rings (SSSR count). The summed E-state index contributed by atoms with van der Waals surface area (Å²) in [6.07, 6.45) is 3.21. The van der Waals surface area contributed by atoms with Gasteiger partial charge in [-0.15, -0.1) is 16.8 Å². The van der Waals surface area contributed by atoms with Crippen molar-refractivity contribution in [1.82, 2.24) is 13.6 Å². The predicted octanol–water partition coefficient (Wildman–Crippen LogP) is 1.05. The Hall–Kier alpha value is -0.690. The fourth-order valence-electron chi connectivity index (χ4n) is 1.68. The molecule has 1 aliphatic rings. The number of aliphatic hydroxyl groups is 1. The van der Waals surface area contributed by atoms with Crippen molar-refractivity contribution in [3.05, 3.63) is 11.8 Å². The largest absolute Gasteiger partial charge is 0.473 e. The molecule has 0 saturated heterocycles. The molecule has 0 aromatic carbocycles. The van der Waals surface area contributed by atoms with Gasteiger partial charge in [0.1, 0.15) is 12.3 Å². The third kappa shape index (κ3) is 3.64. The summed E-state index contributed by atoms with van der Waals surface area (Å²) in [5.74, 6) is 0.542. The van der Waals surface area contributed by atoms with Gasteiger partial charge >= 0.3 is 0 Å². The smallest absolute Gasteiger partial charge is 0.253 e. The monoisotopic (exact) mass is 277 g/mol. The van der Waals surface area contributed by atoms with E-state index in [1.165, 1.54) is 0 Å². The van der Waals surface area contributed by atoms with E-state index < -0.39 is 0 Å². The molecule has 0 radical (unpaired) electrons. The van der Waals surface area contributed by atoms with Gasteiger partial charge in [-0.25, -0.2) is 0 Å². The molecule has 0 unspecified atom stereocenters. The van der Waals surface area contributed by atoms with Crippen LogP contribution in [0, 0.1) is 0 Å². The molecular formula is C10H16ClN3O2S. The molecule has 0 fully saturated rings. The Balaban J connectivity index is 0.00000144. The molecular weight excluding hydrogens is 262 g/mol. The van der Waals surface area contributed by atoms with Gasteiger partial charge in [-0.3, -0.25) is 0 Å². The lowest BCUT2D eigenvalue weighted by Crippen LogP contribution is -2.25. The summed E-state index contributed by atoms with van der Waals surface area (Å²) < 4.78 is 13.7. The first kappa shape index (κ1) is 14.4. The number of hydrogen-bond donors (Lipinski definition) is 1. The van der Waals surface area contributed by atoms with Gasteiger partial charge in [0.05, 0.1) is 18.3 Å². The van der Waals surface area contributed by atoms with E-state index in [1.807, 2.05) is 0 Å². The van der Waals surface area contributed by atoms with Gasteiger partial charge in [0.15, 0.2) is 0 Å².